The highest BCUT2D eigenvalue weighted by atomic mass is 32.2. The highest BCUT2D eigenvalue weighted by Gasteiger charge is 2.54. The van der Waals surface area contributed by atoms with Gasteiger partial charge in [0.1, 0.15) is 0 Å². The fourth-order valence-corrected chi connectivity index (χ4v) is 4.26. The quantitative estimate of drug-likeness (QED) is 0.613. The second-order valence-electron chi connectivity index (χ2n) is 5.34. The molecular formula is C12H15N3O4S. The Morgan fingerprint density at radius 1 is 1.30 bits per heavy atom. The van der Waals surface area contributed by atoms with Crippen molar-refractivity contribution >= 4 is 15.7 Å². The molecule has 2 fully saturated rings. The molecule has 0 aromatic heterocycles. The predicted octanol–water partition coefficient (Wildman–Crippen LogP) is 0.625. The van der Waals surface area contributed by atoms with Gasteiger partial charge in [0.15, 0.2) is 4.90 Å². The topological polar surface area (TPSA) is 101 Å². The first-order chi connectivity index (χ1) is 9.45. The minimum Gasteiger partial charge on any atom is -0.316 e. The van der Waals surface area contributed by atoms with Crippen molar-refractivity contribution in [1.82, 2.24) is 10.0 Å². The van der Waals surface area contributed by atoms with E-state index in [0.717, 1.165) is 25.9 Å². The molecule has 0 unspecified atom stereocenters. The van der Waals surface area contributed by atoms with E-state index in [9.17, 15) is 18.5 Å². The van der Waals surface area contributed by atoms with E-state index in [4.69, 9.17) is 0 Å². The van der Waals surface area contributed by atoms with Crippen LogP contribution in [0.2, 0.25) is 0 Å². The summed E-state index contributed by atoms with van der Waals surface area (Å²) in [4.78, 5) is 10.0. The van der Waals surface area contributed by atoms with Crippen LogP contribution in [0.15, 0.2) is 29.2 Å². The van der Waals surface area contributed by atoms with Gasteiger partial charge >= 0.3 is 0 Å². The summed E-state index contributed by atoms with van der Waals surface area (Å²) in [6, 6.07) is 5.43. The Morgan fingerprint density at radius 2 is 1.95 bits per heavy atom. The van der Waals surface area contributed by atoms with Gasteiger partial charge < -0.3 is 5.32 Å². The highest BCUT2D eigenvalue weighted by Crippen LogP contribution is 2.45. The summed E-state index contributed by atoms with van der Waals surface area (Å²) in [6.07, 6.45) is 1.58. The summed E-state index contributed by atoms with van der Waals surface area (Å²) in [5.74, 6) is 0.278. The van der Waals surface area contributed by atoms with Crippen LogP contribution in [0, 0.1) is 16.0 Å². The first kappa shape index (κ1) is 13.5. The average molecular weight is 297 g/mol. The molecule has 8 heteroatoms. The highest BCUT2D eigenvalue weighted by molar-refractivity contribution is 7.89. The molecule has 108 valence electrons. The van der Waals surface area contributed by atoms with Gasteiger partial charge in [0.2, 0.25) is 10.0 Å². The molecule has 0 atom stereocenters. The van der Waals surface area contributed by atoms with E-state index in [1.807, 2.05) is 0 Å². The molecule has 2 aliphatic rings. The van der Waals surface area contributed by atoms with Crippen molar-refractivity contribution in [3.63, 3.8) is 0 Å². The molecule has 2 N–H and O–H groups in total. The number of hydrogen-bond acceptors (Lipinski definition) is 5. The monoisotopic (exact) mass is 297 g/mol. The van der Waals surface area contributed by atoms with E-state index in [-0.39, 0.29) is 16.5 Å². The maximum Gasteiger partial charge on any atom is 0.289 e. The van der Waals surface area contributed by atoms with E-state index in [0.29, 0.717) is 0 Å². The van der Waals surface area contributed by atoms with Crippen LogP contribution in [0.3, 0.4) is 0 Å². The first-order valence-electron chi connectivity index (χ1n) is 6.43. The molecule has 0 radical (unpaired) electrons. The number of hydrogen-bond donors (Lipinski definition) is 2. The smallest absolute Gasteiger partial charge is 0.289 e. The molecule has 3 rings (SSSR count). The zero-order valence-corrected chi connectivity index (χ0v) is 11.5. The molecule has 1 saturated heterocycles. The molecule has 20 heavy (non-hydrogen) atoms. The van der Waals surface area contributed by atoms with E-state index in [1.165, 1.54) is 24.3 Å². The van der Waals surface area contributed by atoms with Gasteiger partial charge in [-0.1, -0.05) is 12.1 Å². The van der Waals surface area contributed by atoms with Crippen LogP contribution in [0.5, 0.6) is 0 Å². The Hall–Kier alpha value is -1.51. The molecular weight excluding hydrogens is 282 g/mol. The Morgan fingerprint density at radius 3 is 2.45 bits per heavy atom. The van der Waals surface area contributed by atoms with Crippen molar-refractivity contribution in [2.24, 2.45) is 5.92 Å². The van der Waals surface area contributed by atoms with Crippen LogP contribution in [0.4, 0.5) is 5.69 Å². The Labute approximate surface area is 116 Å². The van der Waals surface area contributed by atoms with Crippen molar-refractivity contribution in [2.45, 2.75) is 23.3 Å². The zero-order valence-electron chi connectivity index (χ0n) is 10.7. The lowest BCUT2D eigenvalue weighted by Gasteiger charge is -2.35. The average Bonchev–Trinajstić information content (AvgIpc) is 3.06. The number of rotatable bonds is 5. The fraction of sp³-hybridized carbons (Fsp3) is 0.500. The zero-order chi connectivity index (χ0) is 14.4. The molecule has 1 aromatic carbocycles. The number of benzene rings is 1. The van der Waals surface area contributed by atoms with Crippen LogP contribution < -0.4 is 10.0 Å². The number of para-hydroxylation sites is 1. The van der Waals surface area contributed by atoms with Gasteiger partial charge in [-0.3, -0.25) is 10.1 Å². The van der Waals surface area contributed by atoms with Crippen molar-refractivity contribution in [3.8, 4) is 0 Å². The third-order valence-electron chi connectivity index (χ3n) is 4.04. The van der Waals surface area contributed by atoms with Gasteiger partial charge in [0.05, 0.1) is 4.92 Å². The molecule has 1 saturated carbocycles. The Balaban J connectivity index is 1.91. The number of nitro groups is 1. The second kappa shape index (κ2) is 4.51. The molecule has 0 spiro atoms. The lowest BCUT2D eigenvalue weighted by molar-refractivity contribution is -0.387. The Bertz CT molecular complexity index is 650. The van der Waals surface area contributed by atoms with Crippen molar-refractivity contribution in [2.75, 3.05) is 13.1 Å². The maximum absolute atomic E-state index is 12.4. The van der Waals surface area contributed by atoms with E-state index >= 15 is 0 Å². The normalized spacial score (nSPS) is 21.2. The minimum absolute atomic E-state index is 0.261. The van der Waals surface area contributed by atoms with E-state index < -0.39 is 20.5 Å². The van der Waals surface area contributed by atoms with E-state index in [2.05, 4.69) is 10.0 Å². The molecule has 1 heterocycles. The summed E-state index contributed by atoms with van der Waals surface area (Å²) < 4.78 is 27.5. The van der Waals surface area contributed by atoms with Gasteiger partial charge in [-0.2, -0.15) is 0 Å². The lowest BCUT2D eigenvalue weighted by atomic mass is 9.92. The molecule has 0 amide bonds. The number of nitrogens with one attached hydrogen (secondary N) is 2. The van der Waals surface area contributed by atoms with E-state index in [1.54, 1.807) is 0 Å². The molecule has 1 aliphatic heterocycles. The first-order valence-corrected chi connectivity index (χ1v) is 7.91. The summed E-state index contributed by atoms with van der Waals surface area (Å²) in [5.41, 5.74) is -0.795. The molecule has 0 bridgehead atoms. The maximum atomic E-state index is 12.4. The van der Waals surface area contributed by atoms with Gasteiger partial charge in [-0.25, -0.2) is 13.1 Å². The van der Waals surface area contributed by atoms with Gasteiger partial charge in [0, 0.05) is 30.6 Å². The third-order valence-corrected chi connectivity index (χ3v) is 5.64. The van der Waals surface area contributed by atoms with Gasteiger partial charge in [-0.15, -0.1) is 0 Å². The van der Waals surface area contributed by atoms with Crippen LogP contribution in [0.1, 0.15) is 12.8 Å². The number of nitro benzene ring substituents is 1. The van der Waals surface area contributed by atoms with Crippen LogP contribution in [0.25, 0.3) is 0 Å². The fourth-order valence-electron chi connectivity index (χ4n) is 2.57. The largest absolute Gasteiger partial charge is 0.316 e. The summed E-state index contributed by atoms with van der Waals surface area (Å²) in [7, 11) is -3.87. The molecule has 1 aromatic rings. The summed E-state index contributed by atoms with van der Waals surface area (Å²) >= 11 is 0. The Kier molecular flexibility index (Phi) is 3.03. The summed E-state index contributed by atoms with van der Waals surface area (Å²) in [5, 5.41) is 14.1. The van der Waals surface area contributed by atoms with Gasteiger partial charge in [0.25, 0.3) is 5.69 Å². The lowest BCUT2D eigenvalue weighted by Crippen LogP contribution is -2.56. The van der Waals surface area contributed by atoms with Crippen LogP contribution in [-0.4, -0.2) is 32.0 Å². The van der Waals surface area contributed by atoms with Crippen molar-refractivity contribution in [1.29, 1.82) is 0 Å². The molecule has 7 nitrogen and oxygen atoms in total. The van der Waals surface area contributed by atoms with Crippen molar-refractivity contribution in [3.05, 3.63) is 34.4 Å². The second-order valence-corrected chi connectivity index (χ2v) is 6.99. The third kappa shape index (κ3) is 2.19. The number of nitrogens with zero attached hydrogens (tertiary/aromatic N) is 1. The van der Waals surface area contributed by atoms with Crippen molar-refractivity contribution < 1.29 is 13.3 Å². The predicted molar refractivity (Wildman–Crippen MR) is 71.7 cm³/mol. The SMILES string of the molecule is O=[N+]([O-])c1ccccc1S(=O)(=O)NC1(C2CNC2)CC1. The van der Waals surface area contributed by atoms with Gasteiger partial charge in [-0.05, 0) is 18.9 Å². The molecule has 1 aliphatic carbocycles. The van der Waals surface area contributed by atoms with Crippen LogP contribution in [-0.2, 0) is 10.0 Å². The van der Waals surface area contributed by atoms with Crippen LogP contribution >= 0.6 is 0 Å². The number of sulfonamides is 1. The standard InChI is InChI=1S/C12H15N3O4S/c16-15(17)10-3-1-2-4-11(10)20(18,19)14-12(5-6-12)9-7-13-8-9/h1-4,9,13-14H,5-8H2. The minimum atomic E-state index is -3.87. The summed E-state index contributed by atoms with van der Waals surface area (Å²) in [6.45, 7) is 1.58.